The van der Waals surface area contributed by atoms with Crippen LogP contribution in [0, 0.1) is 0 Å². The Morgan fingerprint density at radius 1 is 1.32 bits per heavy atom. The monoisotopic (exact) mass is 385 g/mol. The molecule has 0 saturated heterocycles. The average molecular weight is 386 g/mol. The number of urea groups is 1. The van der Waals surface area contributed by atoms with Gasteiger partial charge in [0.15, 0.2) is 0 Å². The van der Waals surface area contributed by atoms with Crippen molar-refractivity contribution in [2.24, 2.45) is 0 Å². The lowest BCUT2D eigenvalue weighted by Gasteiger charge is -2.30. The summed E-state index contributed by atoms with van der Waals surface area (Å²) in [6, 6.07) is 5.05. The SMILES string of the molecule is CCOC(=O)C1=C(CNC(C)(C)c2ccc(Cl)c(Cl)c2)NC(=O)NC1. The summed E-state index contributed by atoms with van der Waals surface area (Å²) in [6.45, 7) is 6.37. The van der Waals surface area contributed by atoms with Crippen molar-refractivity contribution in [1.82, 2.24) is 16.0 Å². The topological polar surface area (TPSA) is 79.5 Å². The van der Waals surface area contributed by atoms with Crippen molar-refractivity contribution in [2.45, 2.75) is 26.3 Å². The molecule has 0 fully saturated rings. The number of carbonyl (C=O) groups is 2. The Labute approximate surface area is 156 Å². The van der Waals surface area contributed by atoms with Crippen LogP contribution in [-0.2, 0) is 15.1 Å². The highest BCUT2D eigenvalue weighted by Gasteiger charge is 2.26. The van der Waals surface area contributed by atoms with Gasteiger partial charge in [-0.2, -0.15) is 0 Å². The molecule has 0 unspecified atom stereocenters. The number of hydrogen-bond donors (Lipinski definition) is 3. The molecule has 1 aliphatic rings. The van der Waals surface area contributed by atoms with Crippen LogP contribution in [-0.4, -0.2) is 31.7 Å². The molecule has 0 saturated carbocycles. The van der Waals surface area contributed by atoms with Gasteiger partial charge >= 0.3 is 12.0 Å². The molecule has 25 heavy (non-hydrogen) atoms. The second-order valence-electron chi connectivity index (χ2n) is 6.09. The number of hydrogen-bond acceptors (Lipinski definition) is 4. The zero-order chi connectivity index (χ0) is 18.6. The molecule has 0 atom stereocenters. The second kappa shape index (κ2) is 8.08. The first-order valence-corrected chi connectivity index (χ1v) is 8.64. The van der Waals surface area contributed by atoms with Crippen molar-refractivity contribution in [1.29, 1.82) is 0 Å². The summed E-state index contributed by atoms with van der Waals surface area (Å²) in [5.74, 6) is -0.445. The van der Waals surface area contributed by atoms with Gasteiger partial charge in [0.05, 0.1) is 28.8 Å². The minimum absolute atomic E-state index is 0.134. The van der Waals surface area contributed by atoms with Gasteiger partial charge in [-0.1, -0.05) is 29.3 Å². The molecule has 2 rings (SSSR count). The van der Waals surface area contributed by atoms with Gasteiger partial charge in [-0.15, -0.1) is 0 Å². The Hall–Kier alpha value is -1.76. The van der Waals surface area contributed by atoms with Crippen LogP contribution in [0.25, 0.3) is 0 Å². The van der Waals surface area contributed by atoms with Gasteiger partial charge in [0.2, 0.25) is 0 Å². The molecule has 1 aliphatic heterocycles. The van der Waals surface area contributed by atoms with E-state index in [0.29, 0.717) is 21.3 Å². The third-order valence-electron chi connectivity index (χ3n) is 3.92. The highest BCUT2D eigenvalue weighted by molar-refractivity contribution is 6.42. The van der Waals surface area contributed by atoms with Gasteiger partial charge in [0.1, 0.15) is 0 Å². The zero-order valence-corrected chi connectivity index (χ0v) is 15.8. The van der Waals surface area contributed by atoms with Gasteiger partial charge in [-0.3, -0.25) is 0 Å². The lowest BCUT2D eigenvalue weighted by atomic mass is 9.94. The summed E-state index contributed by atoms with van der Waals surface area (Å²) in [4.78, 5) is 23.7. The first-order chi connectivity index (χ1) is 11.7. The maximum absolute atomic E-state index is 12.1. The highest BCUT2D eigenvalue weighted by Crippen LogP contribution is 2.28. The quantitative estimate of drug-likeness (QED) is 0.657. The van der Waals surface area contributed by atoms with E-state index in [-0.39, 0.29) is 25.7 Å². The van der Waals surface area contributed by atoms with E-state index in [1.165, 1.54) is 0 Å². The molecule has 136 valence electrons. The third kappa shape index (κ3) is 4.87. The standard InChI is InChI=1S/C17H21Cl2N3O3/c1-4-25-15(23)11-8-20-16(24)22-14(11)9-21-17(2,3)10-5-6-12(18)13(19)7-10/h5-7,21H,4,8-9H2,1-3H3,(H2,20,22,24). The first-order valence-electron chi connectivity index (χ1n) is 7.89. The molecule has 1 heterocycles. The van der Waals surface area contributed by atoms with Crippen molar-refractivity contribution >= 4 is 35.2 Å². The molecule has 0 aliphatic carbocycles. The Kier molecular flexibility index (Phi) is 6.32. The summed E-state index contributed by atoms with van der Waals surface area (Å²) >= 11 is 12.1. The predicted octanol–water partition coefficient (Wildman–Crippen LogP) is 2.95. The average Bonchev–Trinajstić information content (AvgIpc) is 2.55. The Morgan fingerprint density at radius 2 is 2.04 bits per heavy atom. The maximum atomic E-state index is 12.1. The Bertz CT molecular complexity index is 717. The lowest BCUT2D eigenvalue weighted by molar-refractivity contribution is -0.138. The molecular formula is C17H21Cl2N3O3. The molecule has 1 aromatic carbocycles. The largest absolute Gasteiger partial charge is 0.463 e. The minimum atomic E-state index is -0.462. The van der Waals surface area contributed by atoms with Gasteiger partial charge in [0, 0.05) is 17.8 Å². The lowest BCUT2D eigenvalue weighted by Crippen LogP contribution is -2.48. The summed E-state index contributed by atoms with van der Waals surface area (Å²) < 4.78 is 5.04. The smallest absolute Gasteiger partial charge is 0.337 e. The molecule has 0 spiro atoms. The van der Waals surface area contributed by atoms with E-state index in [1.54, 1.807) is 19.1 Å². The van der Waals surface area contributed by atoms with Gasteiger partial charge in [-0.25, -0.2) is 9.59 Å². The molecule has 2 amide bonds. The van der Waals surface area contributed by atoms with E-state index in [2.05, 4.69) is 16.0 Å². The number of carbonyl (C=O) groups excluding carboxylic acids is 2. The Balaban J connectivity index is 2.18. The van der Waals surface area contributed by atoms with Crippen molar-refractivity contribution in [2.75, 3.05) is 19.7 Å². The Morgan fingerprint density at radius 3 is 2.68 bits per heavy atom. The van der Waals surface area contributed by atoms with Crippen LogP contribution in [0.4, 0.5) is 4.79 Å². The normalized spacial score (nSPS) is 14.8. The summed E-state index contributed by atoms with van der Waals surface area (Å²) in [7, 11) is 0. The molecule has 0 radical (unpaired) electrons. The van der Waals surface area contributed by atoms with Crippen LogP contribution < -0.4 is 16.0 Å². The predicted molar refractivity (Wildman–Crippen MR) is 97.7 cm³/mol. The van der Waals surface area contributed by atoms with E-state index >= 15 is 0 Å². The molecule has 0 bridgehead atoms. The molecule has 3 N–H and O–H groups in total. The summed E-state index contributed by atoms with van der Waals surface area (Å²) in [5, 5.41) is 9.53. The van der Waals surface area contributed by atoms with E-state index in [9.17, 15) is 9.59 Å². The number of benzene rings is 1. The van der Waals surface area contributed by atoms with Gasteiger partial charge in [-0.05, 0) is 38.5 Å². The maximum Gasteiger partial charge on any atom is 0.337 e. The number of ether oxygens (including phenoxy) is 1. The summed E-state index contributed by atoms with van der Waals surface area (Å²) in [6.07, 6.45) is 0. The van der Waals surface area contributed by atoms with Crippen LogP contribution >= 0.6 is 23.2 Å². The number of amides is 2. The van der Waals surface area contributed by atoms with Crippen molar-refractivity contribution in [3.05, 3.63) is 45.1 Å². The zero-order valence-electron chi connectivity index (χ0n) is 14.3. The van der Waals surface area contributed by atoms with Crippen LogP contribution in [0.15, 0.2) is 29.5 Å². The van der Waals surface area contributed by atoms with Gasteiger partial charge in [0.25, 0.3) is 0 Å². The number of rotatable bonds is 6. The first kappa shape index (κ1) is 19.6. The van der Waals surface area contributed by atoms with E-state index < -0.39 is 11.5 Å². The van der Waals surface area contributed by atoms with Crippen molar-refractivity contribution in [3.63, 3.8) is 0 Å². The van der Waals surface area contributed by atoms with Crippen molar-refractivity contribution < 1.29 is 14.3 Å². The molecule has 6 nitrogen and oxygen atoms in total. The number of nitrogens with one attached hydrogen (secondary N) is 3. The second-order valence-corrected chi connectivity index (χ2v) is 6.91. The minimum Gasteiger partial charge on any atom is -0.463 e. The van der Waals surface area contributed by atoms with E-state index in [0.717, 1.165) is 5.56 Å². The van der Waals surface area contributed by atoms with E-state index in [4.69, 9.17) is 27.9 Å². The van der Waals surface area contributed by atoms with Crippen LogP contribution in [0.2, 0.25) is 10.0 Å². The van der Waals surface area contributed by atoms with Crippen LogP contribution in [0.1, 0.15) is 26.3 Å². The highest BCUT2D eigenvalue weighted by atomic mass is 35.5. The third-order valence-corrected chi connectivity index (χ3v) is 4.66. The van der Waals surface area contributed by atoms with Crippen LogP contribution in [0.5, 0.6) is 0 Å². The molecule has 0 aromatic heterocycles. The fraction of sp³-hybridized carbons (Fsp3) is 0.412. The molecule has 1 aromatic rings. The van der Waals surface area contributed by atoms with Crippen LogP contribution in [0.3, 0.4) is 0 Å². The summed E-state index contributed by atoms with van der Waals surface area (Å²) in [5.41, 5.74) is 1.37. The van der Waals surface area contributed by atoms with E-state index in [1.807, 2.05) is 19.9 Å². The number of esters is 1. The molecular weight excluding hydrogens is 365 g/mol. The fourth-order valence-corrected chi connectivity index (χ4v) is 2.69. The van der Waals surface area contributed by atoms with Gasteiger partial charge < -0.3 is 20.7 Å². The number of halogens is 2. The van der Waals surface area contributed by atoms with Crippen molar-refractivity contribution in [3.8, 4) is 0 Å². The fourth-order valence-electron chi connectivity index (χ4n) is 2.39. The molecule has 8 heteroatoms.